The second-order valence-electron chi connectivity index (χ2n) is 4.06. The first-order valence-corrected chi connectivity index (χ1v) is 6.02. The Labute approximate surface area is 105 Å². The van der Waals surface area contributed by atoms with Crippen LogP contribution in [-0.4, -0.2) is 64.1 Å². The van der Waals surface area contributed by atoms with Gasteiger partial charge in [-0.05, 0) is 6.92 Å². The minimum absolute atomic E-state index is 0.0628. The molecule has 0 saturated carbocycles. The largest absolute Gasteiger partial charge is 0.338 e. The van der Waals surface area contributed by atoms with E-state index in [1.807, 2.05) is 6.92 Å². The van der Waals surface area contributed by atoms with E-state index in [9.17, 15) is 9.59 Å². The van der Waals surface area contributed by atoms with Gasteiger partial charge >= 0.3 is 12.1 Å². The van der Waals surface area contributed by atoms with E-state index in [0.717, 1.165) is 0 Å². The van der Waals surface area contributed by atoms with E-state index in [2.05, 4.69) is 10.3 Å². The van der Waals surface area contributed by atoms with Gasteiger partial charge in [0, 0.05) is 45.1 Å². The summed E-state index contributed by atoms with van der Waals surface area (Å²) in [7, 11) is 0. The summed E-state index contributed by atoms with van der Waals surface area (Å²) in [5.41, 5.74) is 0. The number of amides is 3. The topological polar surface area (TPSA) is 70.5 Å². The fourth-order valence-electron chi connectivity index (χ4n) is 1.90. The summed E-state index contributed by atoms with van der Waals surface area (Å²) in [6.07, 6.45) is 4.68. The van der Waals surface area contributed by atoms with Crippen molar-refractivity contribution >= 4 is 12.1 Å². The van der Waals surface area contributed by atoms with Crippen molar-refractivity contribution in [2.45, 2.75) is 6.92 Å². The lowest BCUT2D eigenvalue weighted by molar-refractivity contribution is 0.144. The lowest BCUT2D eigenvalue weighted by Gasteiger charge is -2.34. The highest BCUT2D eigenvalue weighted by molar-refractivity contribution is 5.78. The van der Waals surface area contributed by atoms with Crippen molar-refractivity contribution in [2.24, 2.45) is 0 Å². The van der Waals surface area contributed by atoms with Gasteiger partial charge in [0.15, 0.2) is 0 Å². The Morgan fingerprint density at radius 1 is 1.22 bits per heavy atom. The second-order valence-corrected chi connectivity index (χ2v) is 4.06. The van der Waals surface area contributed by atoms with E-state index in [1.54, 1.807) is 22.2 Å². The van der Waals surface area contributed by atoms with Crippen LogP contribution in [0.1, 0.15) is 6.92 Å². The van der Waals surface area contributed by atoms with Crippen LogP contribution < -0.4 is 5.32 Å². The average Bonchev–Trinajstić information content (AvgIpc) is 2.92. The van der Waals surface area contributed by atoms with Gasteiger partial charge in [0.1, 0.15) is 6.33 Å². The quantitative estimate of drug-likeness (QED) is 0.775. The molecule has 2 heterocycles. The first kappa shape index (κ1) is 12.4. The Hall–Kier alpha value is -2.05. The highest BCUT2D eigenvalue weighted by Crippen LogP contribution is 2.04. The van der Waals surface area contributed by atoms with Gasteiger partial charge in [-0.25, -0.2) is 14.6 Å². The predicted octanol–water partition coefficient (Wildman–Crippen LogP) is 0.198. The van der Waals surface area contributed by atoms with Crippen LogP contribution in [0.5, 0.6) is 0 Å². The van der Waals surface area contributed by atoms with Crippen molar-refractivity contribution in [3.05, 3.63) is 18.7 Å². The van der Waals surface area contributed by atoms with Crippen LogP contribution in [0.2, 0.25) is 0 Å². The summed E-state index contributed by atoms with van der Waals surface area (Å²) in [6.45, 7) is 4.73. The third-order valence-electron chi connectivity index (χ3n) is 2.89. The SMILES string of the molecule is CCNC(=O)N1CCN(C(=O)n2ccnc2)CC1. The van der Waals surface area contributed by atoms with E-state index >= 15 is 0 Å². The molecule has 0 bridgehead atoms. The lowest BCUT2D eigenvalue weighted by atomic mass is 10.3. The number of hydrogen-bond acceptors (Lipinski definition) is 3. The number of rotatable bonds is 1. The van der Waals surface area contributed by atoms with Crippen LogP contribution in [0, 0.1) is 0 Å². The normalized spacial score (nSPS) is 15.6. The molecule has 7 heteroatoms. The second kappa shape index (κ2) is 5.52. The highest BCUT2D eigenvalue weighted by Gasteiger charge is 2.24. The highest BCUT2D eigenvalue weighted by atomic mass is 16.2. The zero-order chi connectivity index (χ0) is 13.0. The van der Waals surface area contributed by atoms with Crippen LogP contribution in [-0.2, 0) is 0 Å². The van der Waals surface area contributed by atoms with Gasteiger partial charge in [-0.1, -0.05) is 0 Å². The van der Waals surface area contributed by atoms with E-state index in [0.29, 0.717) is 32.7 Å². The first-order valence-electron chi connectivity index (χ1n) is 6.02. The molecule has 1 saturated heterocycles. The lowest BCUT2D eigenvalue weighted by Crippen LogP contribution is -2.53. The summed E-state index contributed by atoms with van der Waals surface area (Å²) in [4.78, 5) is 30.9. The summed E-state index contributed by atoms with van der Waals surface area (Å²) < 4.78 is 1.45. The molecule has 0 atom stereocenters. The molecular weight excluding hydrogens is 234 g/mol. The number of imidazole rings is 1. The third kappa shape index (κ3) is 2.61. The van der Waals surface area contributed by atoms with Crippen molar-refractivity contribution in [3.63, 3.8) is 0 Å². The van der Waals surface area contributed by atoms with E-state index in [-0.39, 0.29) is 12.1 Å². The molecule has 2 rings (SSSR count). The van der Waals surface area contributed by atoms with Crippen molar-refractivity contribution in [3.8, 4) is 0 Å². The zero-order valence-corrected chi connectivity index (χ0v) is 10.4. The Balaban J connectivity index is 1.87. The number of hydrogen-bond donors (Lipinski definition) is 1. The fourth-order valence-corrected chi connectivity index (χ4v) is 1.90. The third-order valence-corrected chi connectivity index (χ3v) is 2.89. The van der Waals surface area contributed by atoms with E-state index in [4.69, 9.17) is 0 Å². The van der Waals surface area contributed by atoms with Gasteiger partial charge in [0.25, 0.3) is 0 Å². The van der Waals surface area contributed by atoms with E-state index < -0.39 is 0 Å². The van der Waals surface area contributed by atoms with E-state index in [1.165, 1.54) is 10.9 Å². The van der Waals surface area contributed by atoms with Gasteiger partial charge in [0.05, 0.1) is 0 Å². The molecule has 0 aromatic carbocycles. The maximum atomic E-state index is 12.0. The van der Waals surface area contributed by atoms with Gasteiger partial charge in [0.2, 0.25) is 0 Å². The summed E-state index contributed by atoms with van der Waals surface area (Å²) >= 11 is 0. The van der Waals surface area contributed by atoms with Gasteiger partial charge in [-0.2, -0.15) is 0 Å². The van der Waals surface area contributed by atoms with Crippen LogP contribution in [0.4, 0.5) is 9.59 Å². The van der Waals surface area contributed by atoms with Crippen molar-refractivity contribution < 1.29 is 9.59 Å². The molecule has 0 aliphatic carbocycles. The van der Waals surface area contributed by atoms with Crippen molar-refractivity contribution in [1.82, 2.24) is 24.7 Å². The molecule has 3 amide bonds. The Morgan fingerprint density at radius 3 is 2.44 bits per heavy atom. The molecular formula is C11H17N5O2. The monoisotopic (exact) mass is 251 g/mol. The molecule has 1 aromatic heterocycles. The Morgan fingerprint density at radius 2 is 1.89 bits per heavy atom. The maximum absolute atomic E-state index is 12.0. The maximum Gasteiger partial charge on any atom is 0.329 e. The molecule has 1 fully saturated rings. The number of nitrogens with one attached hydrogen (secondary N) is 1. The summed E-state index contributed by atoms with van der Waals surface area (Å²) in [5.74, 6) is 0. The van der Waals surface area contributed by atoms with Crippen molar-refractivity contribution in [1.29, 1.82) is 0 Å². The molecule has 98 valence electrons. The number of piperazine rings is 1. The molecule has 1 aliphatic rings. The van der Waals surface area contributed by atoms with Gasteiger partial charge in [-0.15, -0.1) is 0 Å². The van der Waals surface area contributed by atoms with Gasteiger partial charge in [-0.3, -0.25) is 4.57 Å². The summed E-state index contributed by atoms with van der Waals surface area (Å²) in [6, 6.07) is -0.157. The molecule has 1 aliphatic heterocycles. The van der Waals surface area contributed by atoms with Crippen LogP contribution in [0.25, 0.3) is 0 Å². The zero-order valence-electron chi connectivity index (χ0n) is 10.4. The number of aromatic nitrogens is 2. The molecule has 1 N–H and O–H groups in total. The first-order chi connectivity index (χ1) is 8.72. The van der Waals surface area contributed by atoms with Crippen LogP contribution in [0.15, 0.2) is 18.7 Å². The van der Waals surface area contributed by atoms with Crippen LogP contribution in [0.3, 0.4) is 0 Å². The minimum Gasteiger partial charge on any atom is -0.338 e. The smallest absolute Gasteiger partial charge is 0.329 e. The number of carbonyl (C=O) groups is 2. The molecule has 0 unspecified atom stereocenters. The number of urea groups is 1. The number of carbonyl (C=O) groups excluding carboxylic acids is 2. The van der Waals surface area contributed by atoms with Gasteiger partial charge < -0.3 is 15.1 Å². The Kier molecular flexibility index (Phi) is 3.81. The minimum atomic E-state index is -0.0944. The molecule has 1 aromatic rings. The molecule has 0 radical (unpaired) electrons. The summed E-state index contributed by atoms with van der Waals surface area (Å²) in [5, 5.41) is 2.76. The van der Waals surface area contributed by atoms with Crippen LogP contribution >= 0.6 is 0 Å². The molecule has 0 spiro atoms. The molecule has 7 nitrogen and oxygen atoms in total. The predicted molar refractivity (Wildman–Crippen MR) is 65.2 cm³/mol. The Bertz CT molecular complexity index is 409. The fraction of sp³-hybridized carbons (Fsp3) is 0.545. The molecule has 18 heavy (non-hydrogen) atoms. The average molecular weight is 251 g/mol. The van der Waals surface area contributed by atoms with Crippen molar-refractivity contribution in [2.75, 3.05) is 32.7 Å². The number of nitrogens with zero attached hydrogens (tertiary/aromatic N) is 4. The standard InChI is InChI=1S/C11H17N5O2/c1-2-13-10(17)14-5-7-15(8-6-14)11(18)16-4-3-12-9-16/h3-4,9H,2,5-8H2,1H3,(H,13,17).